The van der Waals surface area contributed by atoms with E-state index in [4.69, 9.17) is 4.52 Å². The van der Waals surface area contributed by atoms with Gasteiger partial charge in [-0.1, -0.05) is 36.0 Å². The van der Waals surface area contributed by atoms with Crippen LogP contribution in [0, 0.1) is 6.92 Å². The van der Waals surface area contributed by atoms with Crippen molar-refractivity contribution in [2.45, 2.75) is 44.1 Å². The minimum Gasteiger partial charge on any atom is -0.338 e. The zero-order chi connectivity index (χ0) is 18.3. The van der Waals surface area contributed by atoms with Crippen LogP contribution in [0.15, 0.2) is 38.7 Å². The van der Waals surface area contributed by atoms with Crippen LogP contribution < -0.4 is 5.56 Å². The van der Waals surface area contributed by atoms with Crippen LogP contribution in [0.4, 0.5) is 0 Å². The van der Waals surface area contributed by atoms with Gasteiger partial charge in [-0.2, -0.15) is 4.98 Å². The van der Waals surface area contributed by atoms with E-state index in [1.165, 1.54) is 11.8 Å². The fourth-order valence-corrected chi connectivity index (χ4v) is 3.81. The number of hydrogen-bond acceptors (Lipinski definition) is 7. The van der Waals surface area contributed by atoms with Crippen molar-refractivity contribution in [3.8, 4) is 0 Å². The Labute approximate surface area is 153 Å². The molecule has 3 heterocycles. The number of nitrogens with zero attached hydrogens (tertiary/aromatic N) is 6. The molecule has 0 aliphatic carbocycles. The number of aryl methyl sites for hydroxylation is 2. The molecule has 0 saturated carbocycles. The standard InChI is InChI=1S/C17H18N6O2S/c1-4-9-22-15(24)12-7-5-6-8-13(12)23-16(22)19-20-17(23)26-10(2)14-18-11(3)21-25-14/h5-8,10H,4,9H2,1-3H3. The second-order valence-corrected chi connectivity index (χ2v) is 7.34. The summed E-state index contributed by atoms with van der Waals surface area (Å²) in [6, 6.07) is 7.52. The predicted molar refractivity (Wildman–Crippen MR) is 98.4 cm³/mol. The molecule has 0 aliphatic rings. The molecule has 0 N–H and O–H groups in total. The van der Waals surface area contributed by atoms with E-state index in [-0.39, 0.29) is 10.8 Å². The molecule has 134 valence electrons. The first-order valence-electron chi connectivity index (χ1n) is 8.43. The van der Waals surface area contributed by atoms with Gasteiger partial charge in [-0.15, -0.1) is 10.2 Å². The van der Waals surface area contributed by atoms with Crippen molar-refractivity contribution < 1.29 is 4.52 Å². The van der Waals surface area contributed by atoms with Crippen LogP contribution in [0.1, 0.15) is 37.2 Å². The molecule has 0 amide bonds. The maximum absolute atomic E-state index is 12.8. The van der Waals surface area contributed by atoms with E-state index in [0.29, 0.717) is 34.6 Å². The fraction of sp³-hybridized carbons (Fsp3) is 0.353. The van der Waals surface area contributed by atoms with Crippen LogP contribution in [-0.2, 0) is 6.54 Å². The first kappa shape index (κ1) is 16.8. The molecule has 26 heavy (non-hydrogen) atoms. The van der Waals surface area contributed by atoms with Crippen molar-refractivity contribution in [3.63, 3.8) is 0 Å². The Morgan fingerprint density at radius 2 is 2.08 bits per heavy atom. The molecule has 3 aromatic heterocycles. The summed E-state index contributed by atoms with van der Waals surface area (Å²) in [6.45, 7) is 6.38. The zero-order valence-electron chi connectivity index (χ0n) is 14.7. The summed E-state index contributed by atoms with van der Waals surface area (Å²) in [5, 5.41) is 13.7. The van der Waals surface area contributed by atoms with Gasteiger partial charge in [0.1, 0.15) is 0 Å². The molecule has 0 spiro atoms. The highest BCUT2D eigenvalue weighted by Gasteiger charge is 2.21. The molecule has 0 fully saturated rings. The number of aromatic nitrogens is 6. The Kier molecular flexibility index (Phi) is 4.23. The van der Waals surface area contributed by atoms with E-state index < -0.39 is 0 Å². The van der Waals surface area contributed by atoms with Crippen molar-refractivity contribution in [1.29, 1.82) is 0 Å². The minimum atomic E-state index is -0.0890. The second kappa shape index (κ2) is 6.56. The lowest BCUT2D eigenvalue weighted by atomic mass is 10.2. The monoisotopic (exact) mass is 370 g/mol. The largest absolute Gasteiger partial charge is 0.338 e. The fourth-order valence-electron chi connectivity index (χ4n) is 2.92. The van der Waals surface area contributed by atoms with E-state index in [1.807, 2.05) is 42.5 Å². The maximum atomic E-state index is 12.8. The van der Waals surface area contributed by atoms with Gasteiger partial charge in [-0.3, -0.25) is 13.8 Å². The molecule has 0 saturated heterocycles. The Balaban J connectivity index is 1.90. The van der Waals surface area contributed by atoms with Crippen molar-refractivity contribution in [2.24, 2.45) is 0 Å². The lowest BCUT2D eigenvalue weighted by Crippen LogP contribution is -2.23. The van der Waals surface area contributed by atoms with Crippen molar-refractivity contribution >= 4 is 28.4 Å². The van der Waals surface area contributed by atoms with Crippen LogP contribution in [0.5, 0.6) is 0 Å². The molecule has 0 bridgehead atoms. The first-order chi connectivity index (χ1) is 12.6. The topological polar surface area (TPSA) is 91.1 Å². The highest BCUT2D eigenvalue weighted by atomic mass is 32.2. The summed E-state index contributed by atoms with van der Waals surface area (Å²) < 4.78 is 8.87. The van der Waals surface area contributed by atoms with E-state index >= 15 is 0 Å². The van der Waals surface area contributed by atoms with Gasteiger partial charge in [-0.05, 0) is 32.4 Å². The van der Waals surface area contributed by atoms with Gasteiger partial charge in [0.25, 0.3) is 5.56 Å². The number of hydrogen-bond donors (Lipinski definition) is 0. The van der Waals surface area contributed by atoms with Gasteiger partial charge >= 0.3 is 0 Å². The van der Waals surface area contributed by atoms with E-state index in [2.05, 4.69) is 20.3 Å². The van der Waals surface area contributed by atoms with Gasteiger partial charge in [-0.25, -0.2) is 0 Å². The van der Waals surface area contributed by atoms with Crippen molar-refractivity contribution in [1.82, 2.24) is 29.3 Å². The Morgan fingerprint density at radius 1 is 1.27 bits per heavy atom. The van der Waals surface area contributed by atoms with Crippen LogP contribution in [0.25, 0.3) is 16.7 Å². The summed E-state index contributed by atoms with van der Waals surface area (Å²) in [6.07, 6.45) is 0.834. The normalized spacial score (nSPS) is 12.9. The summed E-state index contributed by atoms with van der Waals surface area (Å²) in [5.41, 5.74) is 0.751. The van der Waals surface area contributed by atoms with Gasteiger partial charge in [0, 0.05) is 6.54 Å². The zero-order valence-corrected chi connectivity index (χ0v) is 15.5. The maximum Gasteiger partial charge on any atom is 0.262 e. The number of fused-ring (bicyclic) bond motifs is 3. The summed E-state index contributed by atoms with van der Waals surface area (Å²) >= 11 is 1.47. The second-order valence-electron chi connectivity index (χ2n) is 6.03. The Hall–Kier alpha value is -2.68. The number of benzene rings is 1. The summed E-state index contributed by atoms with van der Waals surface area (Å²) in [5.74, 6) is 1.68. The number of para-hydroxylation sites is 1. The number of rotatable bonds is 5. The number of thioether (sulfide) groups is 1. The van der Waals surface area contributed by atoms with E-state index in [0.717, 1.165) is 11.9 Å². The van der Waals surface area contributed by atoms with Crippen LogP contribution in [0.2, 0.25) is 0 Å². The lowest BCUT2D eigenvalue weighted by molar-refractivity contribution is 0.376. The summed E-state index contributed by atoms with van der Waals surface area (Å²) in [4.78, 5) is 17.1. The van der Waals surface area contributed by atoms with Crippen LogP contribution >= 0.6 is 11.8 Å². The minimum absolute atomic E-state index is 0.0422. The third-order valence-corrected chi connectivity index (χ3v) is 5.13. The lowest BCUT2D eigenvalue weighted by Gasteiger charge is -2.11. The molecule has 4 rings (SSSR count). The van der Waals surface area contributed by atoms with Crippen molar-refractivity contribution in [2.75, 3.05) is 0 Å². The molecule has 1 aromatic carbocycles. The molecule has 9 heteroatoms. The van der Waals surface area contributed by atoms with Crippen LogP contribution in [0.3, 0.4) is 0 Å². The van der Waals surface area contributed by atoms with E-state index in [1.54, 1.807) is 11.5 Å². The quantitative estimate of drug-likeness (QED) is 0.499. The molecule has 4 aromatic rings. The third-order valence-electron chi connectivity index (χ3n) is 4.10. The Bertz CT molecular complexity index is 1150. The van der Waals surface area contributed by atoms with Gasteiger partial charge in [0.15, 0.2) is 11.0 Å². The molecule has 1 unspecified atom stereocenters. The van der Waals surface area contributed by atoms with Crippen LogP contribution in [-0.4, -0.2) is 29.3 Å². The highest BCUT2D eigenvalue weighted by molar-refractivity contribution is 7.99. The summed E-state index contributed by atoms with van der Waals surface area (Å²) in [7, 11) is 0. The van der Waals surface area contributed by atoms with Crippen molar-refractivity contribution in [3.05, 3.63) is 46.3 Å². The van der Waals surface area contributed by atoms with Gasteiger partial charge in [0.05, 0.1) is 16.2 Å². The average molecular weight is 370 g/mol. The van der Waals surface area contributed by atoms with E-state index in [9.17, 15) is 4.79 Å². The van der Waals surface area contributed by atoms with Gasteiger partial charge in [0.2, 0.25) is 11.7 Å². The Morgan fingerprint density at radius 3 is 2.81 bits per heavy atom. The molecule has 0 aliphatic heterocycles. The smallest absolute Gasteiger partial charge is 0.262 e. The molecular weight excluding hydrogens is 352 g/mol. The first-order valence-corrected chi connectivity index (χ1v) is 9.31. The highest BCUT2D eigenvalue weighted by Crippen LogP contribution is 2.33. The molecule has 1 atom stereocenters. The molecule has 0 radical (unpaired) electrons. The van der Waals surface area contributed by atoms with Gasteiger partial charge < -0.3 is 4.52 Å². The predicted octanol–water partition coefficient (Wildman–Crippen LogP) is 3.00. The molecular formula is C17H18N6O2S. The SMILES string of the molecule is CCCn1c(=O)c2ccccc2n2c(SC(C)c3nc(C)no3)nnc12. The molecule has 8 nitrogen and oxygen atoms in total. The average Bonchev–Trinajstić information content (AvgIpc) is 3.25. The third kappa shape index (κ3) is 2.68.